The van der Waals surface area contributed by atoms with Crippen molar-refractivity contribution in [1.29, 1.82) is 0 Å². The Morgan fingerprint density at radius 1 is 1.43 bits per heavy atom. The lowest BCUT2D eigenvalue weighted by Gasteiger charge is -1.97. The van der Waals surface area contributed by atoms with Crippen LogP contribution in [0.3, 0.4) is 0 Å². The maximum Gasteiger partial charge on any atom is 0.258 e. The number of thiophene rings is 1. The molecule has 3 aromatic rings. The van der Waals surface area contributed by atoms with Crippen LogP contribution in [0.2, 0.25) is 0 Å². The Morgan fingerprint density at radius 2 is 2.29 bits per heavy atom. The second-order valence-corrected chi connectivity index (χ2v) is 5.17. The Labute approximate surface area is 125 Å². The van der Waals surface area contributed by atoms with Gasteiger partial charge in [0.05, 0.1) is 28.0 Å². The molecule has 0 aliphatic carbocycles. The third-order valence-corrected chi connectivity index (χ3v) is 3.64. The van der Waals surface area contributed by atoms with E-state index >= 15 is 0 Å². The van der Waals surface area contributed by atoms with Gasteiger partial charge in [-0.15, -0.1) is 11.3 Å². The van der Waals surface area contributed by atoms with E-state index in [1.807, 2.05) is 24.3 Å². The van der Waals surface area contributed by atoms with E-state index in [9.17, 15) is 4.79 Å². The van der Waals surface area contributed by atoms with E-state index < -0.39 is 0 Å². The number of H-pyrrole nitrogens is 1. The van der Waals surface area contributed by atoms with Gasteiger partial charge in [0.2, 0.25) is 5.95 Å². The van der Waals surface area contributed by atoms with Gasteiger partial charge in [-0.2, -0.15) is 0 Å². The highest BCUT2D eigenvalue weighted by Gasteiger charge is 2.10. The van der Waals surface area contributed by atoms with Crippen molar-refractivity contribution in [3.63, 3.8) is 0 Å². The summed E-state index contributed by atoms with van der Waals surface area (Å²) in [4.78, 5) is 20.3. The van der Waals surface area contributed by atoms with Gasteiger partial charge in [0.1, 0.15) is 0 Å². The summed E-state index contributed by atoms with van der Waals surface area (Å²) in [5.74, 6) is 5.88. The predicted octanol–water partition coefficient (Wildman–Crippen LogP) is 2.19. The highest BCUT2D eigenvalue weighted by atomic mass is 32.1. The molecule has 1 aromatic carbocycles. The summed E-state index contributed by atoms with van der Waals surface area (Å²) in [5.41, 5.74) is 7.57. The maximum absolute atomic E-state index is 12.1. The molecule has 0 aliphatic heterocycles. The summed E-state index contributed by atoms with van der Waals surface area (Å²) in [6.07, 6.45) is 0. The van der Waals surface area contributed by atoms with Crippen LogP contribution in [0.15, 0.2) is 35.7 Å². The van der Waals surface area contributed by atoms with E-state index in [2.05, 4.69) is 27.1 Å². The lowest BCUT2D eigenvalue weighted by molar-refractivity contribution is 0.102. The minimum Gasteiger partial charge on any atom is -0.324 e. The number of fused-ring (bicyclic) bond motifs is 1. The standard InChI is InChI=1S/C15H12N4OS/c16-7-3-4-11-8-10(9-21-11)14(20)19-15-17-12-5-1-2-6-13(12)18-15/h1-2,5-6,8-9H,7,16H2,(H2,17,18,19,20). The quantitative estimate of drug-likeness (QED) is 0.634. The molecule has 2 aromatic heterocycles. The van der Waals surface area contributed by atoms with Crippen LogP contribution in [0.25, 0.3) is 11.0 Å². The van der Waals surface area contributed by atoms with Crippen LogP contribution in [0.1, 0.15) is 15.2 Å². The number of benzene rings is 1. The zero-order chi connectivity index (χ0) is 14.7. The molecule has 0 atom stereocenters. The number of rotatable bonds is 2. The lowest BCUT2D eigenvalue weighted by atomic mass is 10.3. The fourth-order valence-corrected chi connectivity index (χ4v) is 2.61. The molecule has 0 unspecified atom stereocenters. The van der Waals surface area contributed by atoms with E-state index in [4.69, 9.17) is 5.73 Å². The van der Waals surface area contributed by atoms with Gasteiger partial charge >= 0.3 is 0 Å². The molecule has 4 N–H and O–H groups in total. The summed E-state index contributed by atoms with van der Waals surface area (Å²) in [6.45, 7) is 0.304. The molecule has 1 amide bonds. The van der Waals surface area contributed by atoms with Crippen LogP contribution in [-0.4, -0.2) is 22.4 Å². The van der Waals surface area contributed by atoms with Crippen LogP contribution in [0.5, 0.6) is 0 Å². The Balaban J connectivity index is 1.77. The second kappa shape index (κ2) is 5.79. The van der Waals surface area contributed by atoms with Crippen molar-refractivity contribution in [3.8, 4) is 11.8 Å². The molecule has 3 rings (SSSR count). The largest absolute Gasteiger partial charge is 0.324 e. The number of nitrogens with one attached hydrogen (secondary N) is 2. The third kappa shape index (κ3) is 2.94. The first kappa shape index (κ1) is 13.4. The first-order valence-electron chi connectivity index (χ1n) is 6.30. The Bertz CT molecular complexity index is 820. The lowest BCUT2D eigenvalue weighted by Crippen LogP contribution is -2.11. The number of carbonyl (C=O) groups is 1. The van der Waals surface area contributed by atoms with Gasteiger partial charge in [-0.3, -0.25) is 10.1 Å². The number of aromatic nitrogens is 2. The molecule has 6 heteroatoms. The molecule has 0 radical (unpaired) electrons. The topological polar surface area (TPSA) is 83.8 Å². The molecule has 0 saturated carbocycles. The number of hydrogen-bond acceptors (Lipinski definition) is 4. The number of imidazole rings is 1. The van der Waals surface area contributed by atoms with Crippen molar-refractivity contribution >= 4 is 34.2 Å². The zero-order valence-corrected chi connectivity index (χ0v) is 11.8. The summed E-state index contributed by atoms with van der Waals surface area (Å²) >= 11 is 1.41. The molecule has 2 heterocycles. The van der Waals surface area contributed by atoms with E-state index in [0.29, 0.717) is 18.1 Å². The van der Waals surface area contributed by atoms with Gasteiger partial charge in [-0.25, -0.2) is 4.98 Å². The molecular weight excluding hydrogens is 284 g/mol. The number of amides is 1. The molecule has 0 fully saturated rings. The highest BCUT2D eigenvalue weighted by Crippen LogP contribution is 2.17. The smallest absolute Gasteiger partial charge is 0.258 e. The van der Waals surface area contributed by atoms with Crippen molar-refractivity contribution < 1.29 is 4.79 Å². The normalized spacial score (nSPS) is 10.1. The van der Waals surface area contributed by atoms with Gasteiger partial charge < -0.3 is 10.7 Å². The van der Waals surface area contributed by atoms with Crippen LogP contribution in [0.4, 0.5) is 5.95 Å². The third-order valence-electron chi connectivity index (χ3n) is 2.80. The van der Waals surface area contributed by atoms with Gasteiger partial charge in [0, 0.05) is 5.38 Å². The van der Waals surface area contributed by atoms with Gasteiger partial charge in [0.15, 0.2) is 0 Å². The molecular formula is C15H12N4OS. The van der Waals surface area contributed by atoms with E-state index in [0.717, 1.165) is 15.9 Å². The summed E-state index contributed by atoms with van der Waals surface area (Å²) in [5, 5.41) is 4.51. The van der Waals surface area contributed by atoms with E-state index in [-0.39, 0.29) is 5.91 Å². The van der Waals surface area contributed by atoms with Gasteiger partial charge in [-0.1, -0.05) is 24.0 Å². The highest BCUT2D eigenvalue weighted by molar-refractivity contribution is 7.10. The van der Waals surface area contributed by atoms with E-state index in [1.54, 1.807) is 11.4 Å². The minimum absolute atomic E-state index is 0.217. The summed E-state index contributed by atoms with van der Waals surface area (Å²) in [7, 11) is 0. The molecule has 21 heavy (non-hydrogen) atoms. The fraction of sp³-hybridized carbons (Fsp3) is 0.0667. The molecule has 0 saturated heterocycles. The number of nitrogens with two attached hydrogens (primary N) is 1. The zero-order valence-electron chi connectivity index (χ0n) is 11.0. The van der Waals surface area contributed by atoms with E-state index in [1.165, 1.54) is 11.3 Å². The first-order valence-corrected chi connectivity index (χ1v) is 7.18. The molecule has 104 valence electrons. The van der Waals surface area contributed by atoms with Crippen molar-refractivity contribution in [2.24, 2.45) is 5.73 Å². The summed E-state index contributed by atoms with van der Waals surface area (Å²) in [6, 6.07) is 9.34. The average Bonchev–Trinajstić information content (AvgIpc) is 3.11. The van der Waals surface area contributed by atoms with Gasteiger partial charge in [0.25, 0.3) is 5.91 Å². The van der Waals surface area contributed by atoms with Crippen LogP contribution >= 0.6 is 11.3 Å². The van der Waals surface area contributed by atoms with Crippen LogP contribution < -0.4 is 11.1 Å². The monoisotopic (exact) mass is 296 g/mol. The first-order chi connectivity index (χ1) is 10.3. The molecule has 0 bridgehead atoms. The molecule has 0 spiro atoms. The van der Waals surface area contributed by atoms with Crippen LogP contribution in [-0.2, 0) is 0 Å². The Hall–Kier alpha value is -2.62. The molecule has 5 nitrogen and oxygen atoms in total. The maximum atomic E-state index is 12.1. The average molecular weight is 296 g/mol. The number of carbonyl (C=O) groups excluding carboxylic acids is 1. The SMILES string of the molecule is NCC#Cc1cc(C(=O)Nc2nc3ccccc3[nH]2)cs1. The van der Waals surface area contributed by atoms with Crippen molar-refractivity contribution in [1.82, 2.24) is 9.97 Å². The second-order valence-electron chi connectivity index (χ2n) is 4.26. The van der Waals surface area contributed by atoms with Crippen molar-refractivity contribution in [3.05, 3.63) is 46.2 Å². The number of nitrogens with zero attached hydrogens (tertiary/aromatic N) is 1. The minimum atomic E-state index is -0.217. The van der Waals surface area contributed by atoms with Crippen LogP contribution in [0, 0.1) is 11.8 Å². The fourth-order valence-electron chi connectivity index (χ4n) is 1.85. The number of aromatic amines is 1. The predicted molar refractivity (Wildman–Crippen MR) is 84.3 cm³/mol. The number of para-hydroxylation sites is 2. The summed E-state index contributed by atoms with van der Waals surface area (Å²) < 4.78 is 0. The van der Waals surface area contributed by atoms with Crippen molar-refractivity contribution in [2.75, 3.05) is 11.9 Å². The Kier molecular flexibility index (Phi) is 3.69. The Morgan fingerprint density at radius 3 is 3.10 bits per heavy atom. The molecule has 0 aliphatic rings. The number of anilines is 1. The number of hydrogen-bond donors (Lipinski definition) is 3. The van der Waals surface area contributed by atoms with Gasteiger partial charge in [-0.05, 0) is 18.2 Å². The van der Waals surface area contributed by atoms with Crippen molar-refractivity contribution in [2.45, 2.75) is 0 Å².